The Balaban J connectivity index is 2.81. The number of pyridine rings is 1. The lowest BCUT2D eigenvalue weighted by Crippen LogP contribution is -2.52. The molecule has 16 heavy (non-hydrogen) atoms. The maximum Gasteiger partial charge on any atom is 0.270 e. The van der Waals surface area contributed by atoms with Gasteiger partial charge in [-0.25, -0.2) is 9.37 Å². The zero-order valence-corrected chi connectivity index (χ0v) is 9.77. The molecule has 0 fully saturated rings. The van der Waals surface area contributed by atoms with Crippen molar-refractivity contribution in [2.45, 2.75) is 19.4 Å². The van der Waals surface area contributed by atoms with Crippen LogP contribution in [0.1, 0.15) is 24.3 Å². The predicted molar refractivity (Wildman–Crippen MR) is 62.5 cm³/mol. The van der Waals surface area contributed by atoms with E-state index < -0.39 is 17.3 Å². The number of rotatable bonds is 3. The lowest BCUT2D eigenvalue weighted by molar-refractivity contribution is 0.0927. The Hall–Kier alpha value is -1.56. The standard InChI is InChI=1S/C10H12FN3OS/c1-10(2,9(12)16)14-8(15)7-4-3-6(11)5-13-7/h3-5H,1-2H3,(H2,12,16)(H,14,15). The summed E-state index contributed by atoms with van der Waals surface area (Å²) in [5.41, 5.74) is 4.77. The number of carbonyl (C=O) groups excluding carboxylic acids is 1. The van der Waals surface area contributed by atoms with Crippen molar-refractivity contribution in [3.05, 3.63) is 29.8 Å². The molecule has 0 spiro atoms. The molecule has 1 aromatic heterocycles. The quantitative estimate of drug-likeness (QED) is 0.775. The second kappa shape index (κ2) is 4.52. The highest BCUT2D eigenvalue weighted by molar-refractivity contribution is 7.80. The largest absolute Gasteiger partial charge is 0.391 e. The van der Waals surface area contributed by atoms with E-state index in [2.05, 4.69) is 10.3 Å². The number of carbonyl (C=O) groups is 1. The summed E-state index contributed by atoms with van der Waals surface area (Å²) < 4.78 is 12.6. The monoisotopic (exact) mass is 241 g/mol. The molecule has 0 aromatic carbocycles. The summed E-state index contributed by atoms with van der Waals surface area (Å²) in [6.45, 7) is 3.35. The second-order valence-electron chi connectivity index (χ2n) is 3.81. The van der Waals surface area contributed by atoms with E-state index in [1.165, 1.54) is 6.07 Å². The Morgan fingerprint density at radius 1 is 1.56 bits per heavy atom. The van der Waals surface area contributed by atoms with E-state index in [9.17, 15) is 9.18 Å². The van der Waals surface area contributed by atoms with Gasteiger partial charge in [0.05, 0.1) is 16.7 Å². The molecule has 0 aliphatic heterocycles. The van der Waals surface area contributed by atoms with E-state index >= 15 is 0 Å². The second-order valence-corrected chi connectivity index (χ2v) is 4.24. The van der Waals surface area contributed by atoms with Crippen molar-refractivity contribution >= 4 is 23.1 Å². The van der Waals surface area contributed by atoms with Crippen LogP contribution >= 0.6 is 12.2 Å². The van der Waals surface area contributed by atoms with E-state index in [0.29, 0.717) is 0 Å². The number of halogens is 1. The van der Waals surface area contributed by atoms with Crippen LogP contribution < -0.4 is 11.1 Å². The van der Waals surface area contributed by atoms with Gasteiger partial charge >= 0.3 is 0 Å². The van der Waals surface area contributed by atoms with Gasteiger partial charge in [0.1, 0.15) is 11.5 Å². The fraction of sp³-hybridized carbons (Fsp3) is 0.300. The van der Waals surface area contributed by atoms with Crippen LogP contribution in [0.5, 0.6) is 0 Å². The van der Waals surface area contributed by atoms with Crippen molar-refractivity contribution in [2.24, 2.45) is 5.73 Å². The maximum absolute atomic E-state index is 12.6. The molecular weight excluding hydrogens is 229 g/mol. The Morgan fingerprint density at radius 3 is 2.62 bits per heavy atom. The van der Waals surface area contributed by atoms with Gasteiger partial charge in [0.25, 0.3) is 5.91 Å². The van der Waals surface area contributed by atoms with Crippen LogP contribution in [0.25, 0.3) is 0 Å². The van der Waals surface area contributed by atoms with Crippen molar-refractivity contribution in [1.29, 1.82) is 0 Å². The van der Waals surface area contributed by atoms with Crippen LogP contribution in [-0.2, 0) is 0 Å². The van der Waals surface area contributed by atoms with Crippen molar-refractivity contribution in [1.82, 2.24) is 10.3 Å². The molecule has 86 valence electrons. The van der Waals surface area contributed by atoms with E-state index in [0.717, 1.165) is 12.3 Å². The smallest absolute Gasteiger partial charge is 0.270 e. The van der Waals surface area contributed by atoms with Crippen LogP contribution in [0.3, 0.4) is 0 Å². The fourth-order valence-electron chi connectivity index (χ4n) is 0.920. The molecule has 0 saturated carbocycles. The van der Waals surface area contributed by atoms with Crippen molar-refractivity contribution in [3.8, 4) is 0 Å². The first-order valence-electron chi connectivity index (χ1n) is 4.57. The highest BCUT2D eigenvalue weighted by atomic mass is 32.1. The number of amides is 1. The minimum atomic E-state index is -0.803. The topological polar surface area (TPSA) is 68.0 Å². The molecule has 1 aromatic rings. The molecule has 1 amide bonds. The molecule has 4 nitrogen and oxygen atoms in total. The van der Waals surface area contributed by atoms with E-state index in [4.69, 9.17) is 18.0 Å². The number of hydrogen-bond donors (Lipinski definition) is 2. The van der Waals surface area contributed by atoms with Crippen LogP contribution in [-0.4, -0.2) is 21.4 Å². The van der Waals surface area contributed by atoms with Crippen LogP contribution in [0, 0.1) is 5.82 Å². The number of nitrogens with two attached hydrogens (primary N) is 1. The zero-order valence-electron chi connectivity index (χ0n) is 8.95. The average Bonchev–Trinajstić information content (AvgIpc) is 2.17. The number of thiocarbonyl (C=S) groups is 1. The van der Waals surface area contributed by atoms with E-state index in [1.54, 1.807) is 13.8 Å². The summed E-state index contributed by atoms with van der Waals surface area (Å²) in [6, 6.07) is 2.45. The van der Waals surface area contributed by atoms with Gasteiger partial charge in [-0.05, 0) is 26.0 Å². The molecule has 1 heterocycles. The van der Waals surface area contributed by atoms with E-state index in [1.807, 2.05) is 0 Å². The summed E-state index contributed by atoms with van der Waals surface area (Å²) in [6.07, 6.45) is 0.975. The lowest BCUT2D eigenvalue weighted by Gasteiger charge is -2.24. The third kappa shape index (κ3) is 2.96. The molecule has 6 heteroatoms. The Kier molecular flexibility index (Phi) is 3.54. The molecule has 0 atom stereocenters. The van der Waals surface area contributed by atoms with Gasteiger partial charge in [-0.2, -0.15) is 0 Å². The lowest BCUT2D eigenvalue weighted by atomic mass is 10.1. The molecule has 0 saturated heterocycles. The van der Waals surface area contributed by atoms with Crippen molar-refractivity contribution < 1.29 is 9.18 Å². The first-order valence-corrected chi connectivity index (χ1v) is 4.98. The summed E-state index contributed by atoms with van der Waals surface area (Å²) in [5.74, 6) is -0.942. The van der Waals surface area contributed by atoms with Gasteiger partial charge < -0.3 is 11.1 Å². The fourth-order valence-corrected chi connectivity index (χ4v) is 0.971. The third-order valence-electron chi connectivity index (χ3n) is 2.00. The number of hydrogen-bond acceptors (Lipinski definition) is 3. The third-order valence-corrected chi connectivity index (χ3v) is 2.51. The SMILES string of the molecule is CC(C)(NC(=O)c1ccc(F)cn1)C(N)=S. The molecule has 3 N–H and O–H groups in total. The zero-order chi connectivity index (χ0) is 12.3. The first kappa shape index (κ1) is 12.5. The Morgan fingerprint density at radius 2 is 2.19 bits per heavy atom. The normalized spacial score (nSPS) is 10.9. The number of nitrogens with one attached hydrogen (secondary N) is 1. The Bertz CT molecular complexity index is 417. The molecule has 0 bridgehead atoms. The number of nitrogens with zero attached hydrogens (tertiary/aromatic N) is 1. The summed E-state index contributed by atoms with van der Waals surface area (Å²) in [4.78, 5) is 15.5. The highest BCUT2D eigenvalue weighted by Gasteiger charge is 2.24. The predicted octanol–water partition coefficient (Wildman–Crippen LogP) is 1.02. The summed E-state index contributed by atoms with van der Waals surface area (Å²) >= 11 is 4.80. The highest BCUT2D eigenvalue weighted by Crippen LogP contribution is 2.05. The Labute approximate surface area is 98.1 Å². The molecule has 0 unspecified atom stereocenters. The molecule has 1 rings (SSSR count). The van der Waals surface area contributed by atoms with Gasteiger partial charge in [0, 0.05) is 0 Å². The average molecular weight is 241 g/mol. The van der Waals surface area contributed by atoms with Crippen LogP contribution in [0.15, 0.2) is 18.3 Å². The van der Waals surface area contributed by atoms with E-state index in [-0.39, 0.29) is 10.7 Å². The van der Waals surface area contributed by atoms with Gasteiger partial charge in [0.2, 0.25) is 0 Å². The van der Waals surface area contributed by atoms with Crippen LogP contribution in [0.2, 0.25) is 0 Å². The van der Waals surface area contributed by atoms with Gasteiger partial charge in [-0.1, -0.05) is 12.2 Å². The molecule has 0 aliphatic carbocycles. The minimum Gasteiger partial charge on any atom is -0.391 e. The minimum absolute atomic E-state index is 0.116. The maximum atomic E-state index is 12.6. The number of aromatic nitrogens is 1. The molecular formula is C10H12FN3OS. The first-order chi connectivity index (χ1) is 7.33. The van der Waals surface area contributed by atoms with Crippen LogP contribution in [0.4, 0.5) is 4.39 Å². The summed E-state index contributed by atoms with van der Waals surface area (Å²) in [7, 11) is 0. The molecule has 0 aliphatic rings. The van der Waals surface area contributed by atoms with Gasteiger partial charge in [-0.15, -0.1) is 0 Å². The van der Waals surface area contributed by atoms with Gasteiger partial charge in [0.15, 0.2) is 0 Å². The van der Waals surface area contributed by atoms with Crippen molar-refractivity contribution in [3.63, 3.8) is 0 Å². The van der Waals surface area contributed by atoms with Crippen molar-refractivity contribution in [2.75, 3.05) is 0 Å². The molecule has 0 radical (unpaired) electrons. The summed E-state index contributed by atoms with van der Waals surface area (Å²) in [5, 5.41) is 2.60. The van der Waals surface area contributed by atoms with Gasteiger partial charge in [-0.3, -0.25) is 4.79 Å².